The quantitative estimate of drug-likeness (QED) is 0.710. The summed E-state index contributed by atoms with van der Waals surface area (Å²) < 4.78 is 1.92. The maximum atomic E-state index is 3.90. The molecule has 0 radical (unpaired) electrons. The van der Waals surface area contributed by atoms with E-state index in [1.165, 1.54) is 0 Å². The molecule has 0 aromatic rings. The number of rotatable bonds is 3. The first-order chi connectivity index (χ1) is 6.15. The molecule has 0 unspecified atom stereocenters. The van der Waals surface area contributed by atoms with Crippen molar-refractivity contribution in [3.05, 3.63) is 36.4 Å². The van der Waals surface area contributed by atoms with Gasteiger partial charge >= 0.3 is 88.3 Å². The van der Waals surface area contributed by atoms with Gasteiger partial charge in [0.2, 0.25) is 0 Å². The first-order valence-corrected chi connectivity index (χ1v) is 4.98. The number of hydrogen-bond acceptors (Lipinski definition) is 2. The Labute approximate surface area is 88.5 Å². The van der Waals surface area contributed by atoms with Crippen molar-refractivity contribution >= 4 is 4.73 Å². The summed E-state index contributed by atoms with van der Waals surface area (Å²) >= 11 is 2.39. The normalized spacial score (nSPS) is 16.6. The van der Waals surface area contributed by atoms with Gasteiger partial charge in [-0.3, -0.25) is 0 Å². The van der Waals surface area contributed by atoms with Gasteiger partial charge in [0, 0.05) is 0 Å². The molecule has 0 saturated carbocycles. The van der Waals surface area contributed by atoms with Crippen LogP contribution < -0.4 is 5.32 Å². The Balaban J connectivity index is 2.71. The van der Waals surface area contributed by atoms with E-state index in [4.69, 9.17) is 0 Å². The van der Waals surface area contributed by atoms with Crippen LogP contribution in [0.25, 0.3) is 0 Å². The number of hydrogen-bond donors (Lipinski definition) is 1. The summed E-state index contributed by atoms with van der Waals surface area (Å²) in [5.41, 5.74) is 0.959. The summed E-state index contributed by atoms with van der Waals surface area (Å²) in [6, 6.07) is 0.396. The van der Waals surface area contributed by atoms with Crippen molar-refractivity contribution in [2.24, 2.45) is 0 Å². The van der Waals surface area contributed by atoms with Gasteiger partial charge in [0.05, 0.1) is 0 Å². The third-order valence-electron chi connectivity index (χ3n) is 1.68. The van der Waals surface area contributed by atoms with Crippen molar-refractivity contribution < 1.29 is 17.0 Å². The summed E-state index contributed by atoms with van der Waals surface area (Å²) in [7, 11) is 0. The van der Waals surface area contributed by atoms with Crippen LogP contribution in [0.4, 0.5) is 0 Å². The Morgan fingerprint density at radius 2 is 2.31 bits per heavy atom. The molecule has 0 aliphatic carbocycles. The van der Waals surface area contributed by atoms with Crippen LogP contribution in [0.3, 0.4) is 0 Å². The molecule has 2 nitrogen and oxygen atoms in total. The van der Waals surface area contributed by atoms with E-state index in [0.717, 1.165) is 11.5 Å². The first-order valence-electron chi connectivity index (χ1n) is 4.18. The van der Waals surface area contributed by atoms with Gasteiger partial charge in [-0.1, -0.05) is 0 Å². The first kappa shape index (κ1) is 10.4. The standard InChI is InChI=1S/C10H13N2.V/c1-5-6-10-7-12(8(2)3)9(4)11-10;/h1,5-6,8,11H,4H2,2-3H3;/q-1;/b6-5-;. The summed E-state index contributed by atoms with van der Waals surface area (Å²) in [4.78, 5) is 1.99. The zero-order valence-corrected chi connectivity index (χ0v) is 9.31. The van der Waals surface area contributed by atoms with E-state index in [1.807, 2.05) is 21.8 Å². The average molecular weight is 212 g/mol. The van der Waals surface area contributed by atoms with Gasteiger partial charge in [-0.25, -0.2) is 0 Å². The molecule has 1 heterocycles. The molecule has 0 saturated heterocycles. The van der Waals surface area contributed by atoms with Crippen molar-refractivity contribution in [3.8, 4) is 0 Å². The van der Waals surface area contributed by atoms with Crippen LogP contribution in [0.5, 0.6) is 0 Å². The van der Waals surface area contributed by atoms with Crippen molar-refractivity contribution in [2.75, 3.05) is 0 Å². The third kappa shape index (κ3) is 2.61. The zero-order chi connectivity index (χ0) is 9.84. The van der Waals surface area contributed by atoms with Gasteiger partial charge in [0.25, 0.3) is 0 Å². The summed E-state index contributed by atoms with van der Waals surface area (Å²) in [6.45, 7) is 8.11. The number of allylic oxidation sites excluding steroid dienone is 2. The maximum absolute atomic E-state index is 3.90. The van der Waals surface area contributed by atoms with Crippen molar-refractivity contribution in [3.63, 3.8) is 0 Å². The molecule has 0 spiro atoms. The van der Waals surface area contributed by atoms with Crippen LogP contribution >= 0.6 is 0 Å². The molecular formula is C10H13N2V-. The van der Waals surface area contributed by atoms with Gasteiger partial charge in [-0.2, -0.15) is 0 Å². The molecule has 0 bridgehead atoms. The molecule has 69 valence electrons. The van der Waals surface area contributed by atoms with Gasteiger partial charge < -0.3 is 0 Å². The van der Waals surface area contributed by atoms with Gasteiger partial charge in [0.1, 0.15) is 0 Å². The van der Waals surface area contributed by atoms with Crippen LogP contribution in [0.2, 0.25) is 0 Å². The number of nitrogens with zero attached hydrogens (tertiary/aromatic N) is 1. The predicted octanol–water partition coefficient (Wildman–Crippen LogP) is 1.32. The molecule has 1 aliphatic rings. The van der Waals surface area contributed by atoms with Crippen LogP contribution in [0, 0.1) is 6.20 Å². The molecule has 0 atom stereocenters. The van der Waals surface area contributed by atoms with E-state index < -0.39 is 0 Å². The van der Waals surface area contributed by atoms with E-state index in [-0.39, 0.29) is 0 Å². The third-order valence-corrected chi connectivity index (χ3v) is 1.94. The van der Waals surface area contributed by atoms with E-state index in [0.29, 0.717) is 6.04 Å². The molecule has 0 aromatic heterocycles. The second-order valence-corrected chi connectivity index (χ2v) is 3.53. The topological polar surface area (TPSA) is 15.3 Å². The molecule has 13 heavy (non-hydrogen) atoms. The van der Waals surface area contributed by atoms with E-state index >= 15 is 0 Å². The Kier molecular flexibility index (Phi) is 3.58. The zero-order valence-electron chi connectivity index (χ0n) is 7.91. The fourth-order valence-electron chi connectivity index (χ4n) is 1.10. The van der Waals surface area contributed by atoms with E-state index in [1.54, 1.807) is 0 Å². The summed E-state index contributed by atoms with van der Waals surface area (Å²) in [6.07, 6.45) is 7.12. The van der Waals surface area contributed by atoms with Gasteiger partial charge in [-0.05, 0) is 0 Å². The second kappa shape index (κ2) is 4.49. The van der Waals surface area contributed by atoms with Crippen molar-refractivity contribution in [1.82, 2.24) is 10.2 Å². The summed E-state index contributed by atoms with van der Waals surface area (Å²) in [5.74, 6) is 0.889. The monoisotopic (exact) mass is 212 g/mol. The van der Waals surface area contributed by atoms with E-state index in [2.05, 4.69) is 48.9 Å². The Hall–Kier alpha value is -0.726. The van der Waals surface area contributed by atoms with Gasteiger partial charge in [-0.15, -0.1) is 0 Å². The van der Waals surface area contributed by atoms with Crippen LogP contribution in [0.1, 0.15) is 13.8 Å². The number of nitrogens with one attached hydrogen (secondary N) is 1. The molecule has 3 heteroatoms. The van der Waals surface area contributed by atoms with E-state index in [9.17, 15) is 0 Å². The predicted molar refractivity (Wildman–Crippen MR) is 51.2 cm³/mol. The molecule has 1 aliphatic heterocycles. The minimum atomic E-state index is 0.396. The fraction of sp³-hybridized carbons (Fsp3) is 0.300. The second-order valence-electron chi connectivity index (χ2n) is 3.07. The van der Waals surface area contributed by atoms with Crippen molar-refractivity contribution in [2.45, 2.75) is 19.9 Å². The molecule has 1 N–H and O–H groups in total. The molecular weight excluding hydrogens is 199 g/mol. The van der Waals surface area contributed by atoms with Crippen LogP contribution in [-0.4, -0.2) is 15.7 Å². The average Bonchev–Trinajstić information content (AvgIpc) is 2.43. The fourth-order valence-corrected chi connectivity index (χ4v) is 1.23. The van der Waals surface area contributed by atoms with Crippen molar-refractivity contribution in [1.29, 1.82) is 0 Å². The van der Waals surface area contributed by atoms with Gasteiger partial charge in [0.15, 0.2) is 0 Å². The van der Waals surface area contributed by atoms with Crippen LogP contribution in [-0.2, 0) is 17.0 Å². The Morgan fingerprint density at radius 3 is 2.77 bits per heavy atom. The molecule has 1 rings (SSSR count). The molecule has 0 aromatic carbocycles. The minimum absolute atomic E-state index is 0.396. The van der Waals surface area contributed by atoms with Crippen LogP contribution in [0.15, 0.2) is 30.2 Å². The summed E-state index contributed by atoms with van der Waals surface area (Å²) in [5, 5.41) is 3.14. The Bertz CT molecular complexity index is 277. The Morgan fingerprint density at radius 1 is 1.62 bits per heavy atom. The molecule has 0 amide bonds. The molecule has 0 fully saturated rings. The SMILES string of the molecule is C=C1NC(/C=C\[CH]=[V])=[C-]N1C(C)C.